The third-order valence-corrected chi connectivity index (χ3v) is 2.59. The van der Waals surface area contributed by atoms with Gasteiger partial charge in [0.25, 0.3) is 0 Å². The van der Waals surface area contributed by atoms with Crippen LogP contribution < -0.4 is 16.4 Å². The molecule has 84 valence electrons. The van der Waals surface area contributed by atoms with Crippen LogP contribution >= 0.6 is 0 Å². The quantitative estimate of drug-likeness (QED) is 0.633. The highest BCUT2D eigenvalue weighted by Crippen LogP contribution is 2.16. The van der Waals surface area contributed by atoms with Crippen molar-refractivity contribution in [1.29, 1.82) is 0 Å². The normalized spacial score (nSPS) is 10.9. The van der Waals surface area contributed by atoms with Crippen LogP contribution in [0.5, 0.6) is 0 Å². The van der Waals surface area contributed by atoms with Crippen LogP contribution in [0.1, 0.15) is 11.1 Å². The van der Waals surface area contributed by atoms with E-state index >= 15 is 0 Å². The van der Waals surface area contributed by atoms with Crippen LogP contribution in [0.4, 0.5) is 0 Å². The first-order valence-corrected chi connectivity index (χ1v) is 5.03. The Kier molecular flexibility index (Phi) is 2.62. The second-order valence-corrected chi connectivity index (χ2v) is 3.72. The third kappa shape index (κ3) is 1.65. The molecule has 0 aliphatic carbocycles. The molecule has 5 nitrogen and oxygen atoms in total. The summed E-state index contributed by atoms with van der Waals surface area (Å²) in [6, 6.07) is 3.71. The molecule has 0 saturated heterocycles. The first-order valence-electron chi connectivity index (χ1n) is 5.03. The summed E-state index contributed by atoms with van der Waals surface area (Å²) in [5.74, 6) is 0. The molecule has 0 saturated carbocycles. The Morgan fingerprint density at radius 1 is 1.19 bits per heavy atom. The van der Waals surface area contributed by atoms with Gasteiger partial charge in [-0.1, -0.05) is 6.07 Å². The molecule has 2 rings (SSSR count). The van der Waals surface area contributed by atoms with Crippen LogP contribution in [0, 0.1) is 6.92 Å². The molecule has 0 unspecified atom stereocenters. The van der Waals surface area contributed by atoms with Crippen molar-refractivity contribution in [1.82, 2.24) is 15.3 Å². The van der Waals surface area contributed by atoms with Gasteiger partial charge in [0.2, 0.25) is 0 Å². The van der Waals surface area contributed by atoms with E-state index in [1.807, 2.05) is 20.0 Å². The smallest absolute Gasteiger partial charge is 0.314 e. The summed E-state index contributed by atoms with van der Waals surface area (Å²) in [5, 5.41) is 3.04. The van der Waals surface area contributed by atoms with E-state index in [0.29, 0.717) is 17.6 Å². The van der Waals surface area contributed by atoms with Crippen LogP contribution in [0.3, 0.4) is 0 Å². The Hall–Kier alpha value is -1.88. The van der Waals surface area contributed by atoms with E-state index in [1.54, 1.807) is 6.07 Å². The molecule has 3 N–H and O–H groups in total. The summed E-state index contributed by atoms with van der Waals surface area (Å²) in [6.45, 7) is 2.61. The number of aromatic amines is 2. The summed E-state index contributed by atoms with van der Waals surface area (Å²) < 4.78 is 0. The molecule has 0 fully saturated rings. The van der Waals surface area contributed by atoms with E-state index < -0.39 is 11.1 Å². The van der Waals surface area contributed by atoms with Gasteiger partial charge in [0.15, 0.2) is 0 Å². The van der Waals surface area contributed by atoms with Crippen molar-refractivity contribution in [3.63, 3.8) is 0 Å². The summed E-state index contributed by atoms with van der Waals surface area (Å²) in [5.41, 5.74) is 2.18. The minimum atomic E-state index is -0.619. The lowest BCUT2D eigenvalue weighted by Gasteiger charge is -2.08. The van der Waals surface area contributed by atoms with Crippen molar-refractivity contribution in [3.05, 3.63) is 44.0 Å². The summed E-state index contributed by atoms with van der Waals surface area (Å²) >= 11 is 0. The van der Waals surface area contributed by atoms with Crippen LogP contribution in [0.25, 0.3) is 11.0 Å². The number of fused-ring (bicyclic) bond motifs is 1. The number of aromatic nitrogens is 2. The van der Waals surface area contributed by atoms with Crippen molar-refractivity contribution in [2.75, 3.05) is 7.05 Å². The molecule has 0 atom stereocenters. The first kappa shape index (κ1) is 10.6. The van der Waals surface area contributed by atoms with Gasteiger partial charge in [-0.05, 0) is 31.2 Å². The number of H-pyrrole nitrogens is 2. The maximum atomic E-state index is 11.3. The molecule has 0 aliphatic rings. The topological polar surface area (TPSA) is 77.8 Å². The van der Waals surface area contributed by atoms with Gasteiger partial charge in [0.1, 0.15) is 0 Å². The number of nitrogens with one attached hydrogen (secondary N) is 3. The van der Waals surface area contributed by atoms with E-state index in [0.717, 1.165) is 11.1 Å². The van der Waals surface area contributed by atoms with Crippen molar-refractivity contribution in [2.24, 2.45) is 0 Å². The highest BCUT2D eigenvalue weighted by molar-refractivity contribution is 5.78. The molecule has 16 heavy (non-hydrogen) atoms. The maximum Gasteiger partial charge on any atom is 0.314 e. The van der Waals surface area contributed by atoms with Gasteiger partial charge >= 0.3 is 11.1 Å². The zero-order valence-electron chi connectivity index (χ0n) is 9.18. The summed E-state index contributed by atoms with van der Waals surface area (Å²) in [6.07, 6.45) is 0. The van der Waals surface area contributed by atoms with Crippen molar-refractivity contribution in [2.45, 2.75) is 13.5 Å². The van der Waals surface area contributed by atoms with Gasteiger partial charge in [0.05, 0.1) is 11.0 Å². The van der Waals surface area contributed by atoms with E-state index in [4.69, 9.17) is 0 Å². The molecule has 0 amide bonds. The van der Waals surface area contributed by atoms with E-state index in [9.17, 15) is 9.59 Å². The van der Waals surface area contributed by atoms with Crippen molar-refractivity contribution >= 4 is 11.0 Å². The van der Waals surface area contributed by atoms with E-state index in [1.165, 1.54) is 0 Å². The van der Waals surface area contributed by atoms with Gasteiger partial charge in [-0.15, -0.1) is 0 Å². The Labute approximate surface area is 91.5 Å². The van der Waals surface area contributed by atoms with Crippen LogP contribution in [0.2, 0.25) is 0 Å². The minimum absolute atomic E-state index is 0.615. The number of rotatable bonds is 2. The number of hydrogen-bond acceptors (Lipinski definition) is 3. The van der Waals surface area contributed by atoms with Gasteiger partial charge < -0.3 is 15.3 Å². The Balaban J connectivity index is 2.86. The molecule has 0 aliphatic heterocycles. The van der Waals surface area contributed by atoms with Crippen molar-refractivity contribution < 1.29 is 0 Å². The molecule has 1 aromatic carbocycles. The molecule has 0 bridgehead atoms. The zero-order chi connectivity index (χ0) is 11.7. The van der Waals surface area contributed by atoms with Crippen LogP contribution in [0.15, 0.2) is 21.7 Å². The lowest BCUT2D eigenvalue weighted by Crippen LogP contribution is -2.29. The van der Waals surface area contributed by atoms with Gasteiger partial charge in [-0.3, -0.25) is 9.59 Å². The average Bonchev–Trinajstić information content (AvgIpc) is 2.25. The second kappa shape index (κ2) is 3.94. The van der Waals surface area contributed by atoms with Crippen LogP contribution in [-0.4, -0.2) is 17.0 Å². The Morgan fingerprint density at radius 3 is 2.56 bits per heavy atom. The SMILES string of the molecule is CNCc1c(C)ccc2[nH]c(=O)c(=O)[nH]c12. The lowest BCUT2D eigenvalue weighted by atomic mass is 10.1. The number of benzene rings is 1. The van der Waals surface area contributed by atoms with E-state index in [-0.39, 0.29) is 0 Å². The Morgan fingerprint density at radius 2 is 1.88 bits per heavy atom. The molecule has 0 radical (unpaired) electrons. The van der Waals surface area contributed by atoms with Gasteiger partial charge in [-0.25, -0.2) is 0 Å². The molecule has 0 spiro atoms. The zero-order valence-corrected chi connectivity index (χ0v) is 9.18. The highest BCUT2D eigenvalue weighted by Gasteiger charge is 2.06. The molecule has 1 aromatic heterocycles. The van der Waals surface area contributed by atoms with Crippen molar-refractivity contribution in [3.8, 4) is 0 Å². The molecule has 5 heteroatoms. The Bertz CT molecular complexity index is 640. The standard InChI is InChI=1S/C11H13N3O2/c1-6-3-4-8-9(7(6)5-12-2)14-11(16)10(15)13-8/h3-4,12H,5H2,1-2H3,(H,13,15)(H,14,16). The van der Waals surface area contributed by atoms with Gasteiger partial charge in [0, 0.05) is 6.54 Å². The monoisotopic (exact) mass is 219 g/mol. The molecule has 1 heterocycles. The maximum absolute atomic E-state index is 11.3. The predicted molar refractivity (Wildman–Crippen MR) is 62.7 cm³/mol. The second-order valence-electron chi connectivity index (χ2n) is 3.72. The lowest BCUT2D eigenvalue weighted by molar-refractivity contribution is 0.815. The average molecular weight is 219 g/mol. The fraction of sp³-hybridized carbons (Fsp3) is 0.273. The fourth-order valence-electron chi connectivity index (χ4n) is 1.75. The molecular weight excluding hydrogens is 206 g/mol. The first-order chi connectivity index (χ1) is 7.63. The van der Waals surface area contributed by atoms with E-state index in [2.05, 4.69) is 15.3 Å². The number of aryl methyl sites for hydroxylation is 1. The third-order valence-electron chi connectivity index (χ3n) is 2.59. The minimum Gasteiger partial charge on any atom is -0.316 e. The number of hydrogen-bond donors (Lipinski definition) is 3. The molecular formula is C11H13N3O2. The summed E-state index contributed by atoms with van der Waals surface area (Å²) in [7, 11) is 1.84. The van der Waals surface area contributed by atoms with Gasteiger partial charge in [-0.2, -0.15) is 0 Å². The fourth-order valence-corrected chi connectivity index (χ4v) is 1.75. The largest absolute Gasteiger partial charge is 0.316 e. The summed E-state index contributed by atoms with van der Waals surface area (Å²) in [4.78, 5) is 27.6. The molecule has 2 aromatic rings. The predicted octanol–water partition coefficient (Wildman–Crippen LogP) is 0.244. The van der Waals surface area contributed by atoms with Crippen LogP contribution in [-0.2, 0) is 6.54 Å². The highest BCUT2D eigenvalue weighted by atomic mass is 16.2.